The summed E-state index contributed by atoms with van der Waals surface area (Å²) in [5.74, 6) is 0. The molecule has 4 heteroatoms. The van der Waals surface area contributed by atoms with Gasteiger partial charge in [0, 0.05) is 51.0 Å². The number of anilines is 1. The molecule has 20 heavy (non-hydrogen) atoms. The molecule has 1 aromatic carbocycles. The van der Waals surface area contributed by atoms with Gasteiger partial charge < -0.3 is 15.0 Å². The lowest BCUT2D eigenvalue weighted by Crippen LogP contribution is -2.48. The lowest BCUT2D eigenvalue weighted by atomic mass is 10.1. The van der Waals surface area contributed by atoms with Crippen LogP contribution in [0.5, 0.6) is 0 Å². The van der Waals surface area contributed by atoms with Gasteiger partial charge >= 0.3 is 0 Å². The van der Waals surface area contributed by atoms with Gasteiger partial charge in [0.1, 0.15) is 0 Å². The summed E-state index contributed by atoms with van der Waals surface area (Å²) in [5.41, 5.74) is 2.84. The smallest absolute Gasteiger partial charge is 0.0642 e. The zero-order valence-electron chi connectivity index (χ0n) is 12.3. The number of para-hydroxylation sites is 1. The summed E-state index contributed by atoms with van der Waals surface area (Å²) < 4.78 is 5.46. The van der Waals surface area contributed by atoms with Crippen molar-refractivity contribution in [3.8, 4) is 0 Å². The summed E-state index contributed by atoms with van der Waals surface area (Å²) in [4.78, 5) is 5.02. The number of nitrogens with one attached hydrogen (secondary N) is 1. The lowest BCUT2D eigenvalue weighted by molar-refractivity contribution is 0.122. The van der Waals surface area contributed by atoms with E-state index < -0.39 is 0 Å². The van der Waals surface area contributed by atoms with Crippen molar-refractivity contribution in [3.63, 3.8) is 0 Å². The van der Waals surface area contributed by atoms with Crippen molar-refractivity contribution in [1.82, 2.24) is 10.2 Å². The fourth-order valence-corrected chi connectivity index (χ4v) is 3.15. The van der Waals surface area contributed by atoms with Crippen LogP contribution in [-0.4, -0.2) is 56.9 Å². The zero-order valence-corrected chi connectivity index (χ0v) is 12.3. The normalized spacial score (nSPS) is 24.9. The van der Waals surface area contributed by atoms with Gasteiger partial charge in [-0.15, -0.1) is 0 Å². The first-order valence-electron chi connectivity index (χ1n) is 7.69. The highest BCUT2D eigenvalue weighted by molar-refractivity contribution is 5.53. The Morgan fingerprint density at radius 2 is 2.00 bits per heavy atom. The molecule has 2 heterocycles. The summed E-state index contributed by atoms with van der Waals surface area (Å²) in [6.45, 7) is 10.4. The Morgan fingerprint density at radius 1 is 1.20 bits per heavy atom. The third kappa shape index (κ3) is 3.32. The van der Waals surface area contributed by atoms with Gasteiger partial charge in [0.2, 0.25) is 0 Å². The van der Waals surface area contributed by atoms with E-state index in [1.54, 1.807) is 0 Å². The number of nitrogens with zero attached hydrogens (tertiary/aromatic N) is 2. The molecular weight excluding hydrogens is 250 g/mol. The molecule has 2 aliphatic heterocycles. The van der Waals surface area contributed by atoms with Crippen LogP contribution in [0, 0.1) is 0 Å². The number of hydrogen-bond donors (Lipinski definition) is 1. The Labute approximate surface area is 121 Å². The number of piperazine rings is 1. The van der Waals surface area contributed by atoms with Gasteiger partial charge in [0.05, 0.1) is 13.2 Å². The minimum absolute atomic E-state index is 0.597. The standard InChI is InChI=1S/C16H25N3O/c1-14-12-18(7-6-17-14)13-15-4-2-3-5-16(15)19-8-10-20-11-9-19/h2-5,14,17H,6-13H2,1H3. The molecule has 0 amide bonds. The second-order valence-electron chi connectivity index (χ2n) is 5.82. The van der Waals surface area contributed by atoms with Gasteiger partial charge in [-0.1, -0.05) is 18.2 Å². The summed E-state index contributed by atoms with van der Waals surface area (Å²) in [5, 5.41) is 3.51. The molecule has 110 valence electrons. The highest BCUT2D eigenvalue weighted by atomic mass is 16.5. The zero-order chi connectivity index (χ0) is 13.8. The molecule has 1 N–H and O–H groups in total. The van der Waals surface area contributed by atoms with Crippen molar-refractivity contribution in [3.05, 3.63) is 29.8 Å². The van der Waals surface area contributed by atoms with Gasteiger partial charge in [-0.05, 0) is 18.6 Å². The SMILES string of the molecule is CC1CN(Cc2ccccc2N2CCOCC2)CCN1. The van der Waals surface area contributed by atoms with E-state index in [1.807, 2.05) is 0 Å². The molecule has 3 rings (SSSR count). The summed E-state index contributed by atoms with van der Waals surface area (Å²) >= 11 is 0. The Kier molecular flexibility index (Phi) is 4.55. The fourth-order valence-electron chi connectivity index (χ4n) is 3.15. The second-order valence-corrected chi connectivity index (χ2v) is 5.82. The Balaban J connectivity index is 1.71. The molecule has 0 saturated carbocycles. The third-order valence-corrected chi connectivity index (χ3v) is 4.19. The molecule has 1 aromatic rings. The molecule has 1 unspecified atom stereocenters. The van der Waals surface area contributed by atoms with E-state index in [4.69, 9.17) is 4.74 Å². The fraction of sp³-hybridized carbons (Fsp3) is 0.625. The van der Waals surface area contributed by atoms with E-state index in [-0.39, 0.29) is 0 Å². The van der Waals surface area contributed by atoms with Crippen LogP contribution in [-0.2, 0) is 11.3 Å². The van der Waals surface area contributed by atoms with Crippen molar-refractivity contribution in [1.29, 1.82) is 0 Å². The molecule has 0 aliphatic carbocycles. The average Bonchev–Trinajstić information content (AvgIpc) is 2.49. The molecular formula is C16H25N3O. The van der Waals surface area contributed by atoms with Crippen molar-refractivity contribution in [2.75, 3.05) is 50.8 Å². The molecule has 0 spiro atoms. The first kappa shape index (κ1) is 13.9. The number of ether oxygens (including phenoxy) is 1. The van der Waals surface area contributed by atoms with Crippen LogP contribution in [0.1, 0.15) is 12.5 Å². The van der Waals surface area contributed by atoms with Crippen molar-refractivity contribution >= 4 is 5.69 Å². The quantitative estimate of drug-likeness (QED) is 0.900. The van der Waals surface area contributed by atoms with Crippen LogP contribution in [0.2, 0.25) is 0 Å². The number of hydrogen-bond acceptors (Lipinski definition) is 4. The van der Waals surface area contributed by atoms with E-state index in [0.717, 1.165) is 52.5 Å². The largest absolute Gasteiger partial charge is 0.378 e. The van der Waals surface area contributed by atoms with Crippen LogP contribution >= 0.6 is 0 Å². The second kappa shape index (κ2) is 6.57. The maximum absolute atomic E-state index is 5.46. The van der Waals surface area contributed by atoms with Crippen LogP contribution < -0.4 is 10.2 Å². The van der Waals surface area contributed by atoms with E-state index in [9.17, 15) is 0 Å². The summed E-state index contributed by atoms with van der Waals surface area (Å²) in [6, 6.07) is 9.43. The van der Waals surface area contributed by atoms with Gasteiger partial charge in [0.25, 0.3) is 0 Å². The Hall–Kier alpha value is -1.10. The first-order valence-corrected chi connectivity index (χ1v) is 7.69. The van der Waals surface area contributed by atoms with E-state index >= 15 is 0 Å². The highest BCUT2D eigenvalue weighted by Crippen LogP contribution is 2.23. The summed E-state index contributed by atoms with van der Waals surface area (Å²) in [6.07, 6.45) is 0. The van der Waals surface area contributed by atoms with Crippen LogP contribution in [0.15, 0.2) is 24.3 Å². The molecule has 4 nitrogen and oxygen atoms in total. The van der Waals surface area contributed by atoms with Crippen LogP contribution in [0.3, 0.4) is 0 Å². The van der Waals surface area contributed by atoms with Crippen LogP contribution in [0.4, 0.5) is 5.69 Å². The monoisotopic (exact) mass is 275 g/mol. The minimum Gasteiger partial charge on any atom is -0.378 e. The molecule has 2 saturated heterocycles. The highest BCUT2D eigenvalue weighted by Gasteiger charge is 2.19. The molecule has 2 aliphatic rings. The maximum Gasteiger partial charge on any atom is 0.0642 e. The number of morpholine rings is 1. The Morgan fingerprint density at radius 3 is 2.80 bits per heavy atom. The van der Waals surface area contributed by atoms with Crippen LogP contribution in [0.25, 0.3) is 0 Å². The van der Waals surface area contributed by atoms with Gasteiger partial charge in [-0.2, -0.15) is 0 Å². The predicted molar refractivity (Wildman–Crippen MR) is 82.2 cm³/mol. The van der Waals surface area contributed by atoms with Gasteiger partial charge in [-0.25, -0.2) is 0 Å². The molecule has 0 aromatic heterocycles. The van der Waals surface area contributed by atoms with Gasteiger partial charge in [0.15, 0.2) is 0 Å². The maximum atomic E-state index is 5.46. The molecule has 2 fully saturated rings. The van der Waals surface area contributed by atoms with E-state index in [0.29, 0.717) is 6.04 Å². The molecule has 1 atom stereocenters. The first-order chi connectivity index (χ1) is 9.83. The Bertz CT molecular complexity index is 431. The lowest BCUT2D eigenvalue weighted by Gasteiger charge is -2.34. The molecule has 0 radical (unpaired) electrons. The number of benzene rings is 1. The third-order valence-electron chi connectivity index (χ3n) is 4.19. The molecule has 0 bridgehead atoms. The van der Waals surface area contributed by atoms with E-state index in [2.05, 4.69) is 46.3 Å². The number of rotatable bonds is 3. The predicted octanol–water partition coefficient (Wildman–Crippen LogP) is 1.32. The average molecular weight is 275 g/mol. The summed E-state index contributed by atoms with van der Waals surface area (Å²) in [7, 11) is 0. The minimum atomic E-state index is 0.597. The van der Waals surface area contributed by atoms with Crippen molar-refractivity contribution in [2.45, 2.75) is 19.5 Å². The van der Waals surface area contributed by atoms with E-state index in [1.165, 1.54) is 11.3 Å². The topological polar surface area (TPSA) is 27.7 Å². The van der Waals surface area contributed by atoms with Gasteiger partial charge in [-0.3, -0.25) is 4.90 Å². The van der Waals surface area contributed by atoms with Crippen molar-refractivity contribution < 1.29 is 4.74 Å². The van der Waals surface area contributed by atoms with Crippen molar-refractivity contribution in [2.24, 2.45) is 0 Å².